The summed E-state index contributed by atoms with van der Waals surface area (Å²) in [7, 11) is 2.98. The number of imidazole rings is 1. The summed E-state index contributed by atoms with van der Waals surface area (Å²) in [5.41, 5.74) is 1.63. The molecule has 0 spiro atoms. The molecule has 1 N–H and O–H groups in total. The largest absolute Gasteiger partial charge is 0.454 e. The highest BCUT2D eigenvalue weighted by atomic mass is 16.5. The number of aryl methyl sites for hydroxylation is 1. The fourth-order valence-corrected chi connectivity index (χ4v) is 3.47. The summed E-state index contributed by atoms with van der Waals surface area (Å²) in [6.07, 6.45) is 0. The van der Waals surface area contributed by atoms with E-state index < -0.39 is 30.3 Å². The summed E-state index contributed by atoms with van der Waals surface area (Å²) in [6, 6.07) is 11.4. The first-order valence-electron chi connectivity index (χ1n) is 9.34. The van der Waals surface area contributed by atoms with Crippen molar-refractivity contribution in [2.75, 3.05) is 19.0 Å². The van der Waals surface area contributed by atoms with E-state index >= 15 is 0 Å². The molecule has 2 aromatic carbocycles. The molecule has 1 aliphatic heterocycles. The normalized spacial score (nSPS) is 12.9. The summed E-state index contributed by atoms with van der Waals surface area (Å²) < 4.78 is 7.69. The van der Waals surface area contributed by atoms with E-state index in [0.29, 0.717) is 16.7 Å². The van der Waals surface area contributed by atoms with Gasteiger partial charge in [-0.25, -0.2) is 4.79 Å². The van der Waals surface area contributed by atoms with Crippen LogP contribution in [0.25, 0.3) is 11.0 Å². The Kier molecular flexibility index (Phi) is 4.90. The first-order valence-corrected chi connectivity index (χ1v) is 9.34. The summed E-state index contributed by atoms with van der Waals surface area (Å²) in [6.45, 7) is -0.905. The van der Waals surface area contributed by atoms with Crippen molar-refractivity contribution in [1.82, 2.24) is 14.0 Å². The van der Waals surface area contributed by atoms with Crippen LogP contribution in [0.1, 0.15) is 20.7 Å². The minimum absolute atomic E-state index is 0.192. The first kappa shape index (κ1) is 20.1. The number of amides is 3. The molecule has 3 amide bonds. The summed E-state index contributed by atoms with van der Waals surface area (Å²) >= 11 is 0. The third-order valence-electron chi connectivity index (χ3n) is 5.08. The van der Waals surface area contributed by atoms with Gasteiger partial charge in [-0.05, 0) is 30.3 Å². The van der Waals surface area contributed by atoms with Crippen LogP contribution < -0.4 is 11.0 Å². The van der Waals surface area contributed by atoms with Crippen LogP contribution >= 0.6 is 0 Å². The predicted octanol–water partition coefficient (Wildman–Crippen LogP) is 0.748. The molecule has 0 atom stereocenters. The first-order chi connectivity index (χ1) is 14.8. The van der Waals surface area contributed by atoms with Gasteiger partial charge < -0.3 is 10.1 Å². The van der Waals surface area contributed by atoms with Gasteiger partial charge in [0.15, 0.2) is 6.61 Å². The number of nitrogens with zero attached hydrogens (tertiary/aromatic N) is 3. The van der Waals surface area contributed by atoms with Gasteiger partial charge in [0.1, 0.15) is 6.54 Å². The van der Waals surface area contributed by atoms with E-state index in [1.165, 1.54) is 34.4 Å². The highest BCUT2D eigenvalue weighted by Crippen LogP contribution is 2.24. The Bertz CT molecular complexity index is 1320. The van der Waals surface area contributed by atoms with Gasteiger partial charge >= 0.3 is 11.7 Å². The van der Waals surface area contributed by atoms with Crippen molar-refractivity contribution in [3.05, 3.63) is 64.1 Å². The lowest BCUT2D eigenvalue weighted by Gasteiger charge is -2.08. The average molecular weight is 422 g/mol. The van der Waals surface area contributed by atoms with Gasteiger partial charge in [-0.15, -0.1) is 0 Å². The molecule has 158 valence electrons. The van der Waals surface area contributed by atoms with Crippen molar-refractivity contribution in [2.45, 2.75) is 6.54 Å². The number of para-hydroxylation sites is 2. The molecule has 1 aromatic heterocycles. The Morgan fingerprint density at radius 2 is 1.61 bits per heavy atom. The van der Waals surface area contributed by atoms with Crippen LogP contribution in [0, 0.1) is 0 Å². The maximum atomic E-state index is 12.4. The molecule has 3 aromatic rings. The summed E-state index contributed by atoms with van der Waals surface area (Å²) in [4.78, 5) is 61.6. The molecule has 0 radical (unpaired) electrons. The molecule has 0 fully saturated rings. The second-order valence-corrected chi connectivity index (χ2v) is 7.05. The number of carbonyl (C=O) groups excluding carboxylic acids is 4. The smallest absolute Gasteiger partial charge is 0.329 e. The Morgan fingerprint density at radius 1 is 0.935 bits per heavy atom. The summed E-state index contributed by atoms with van der Waals surface area (Å²) in [5.74, 6) is -2.23. The molecule has 1 aliphatic rings. The van der Waals surface area contributed by atoms with Crippen molar-refractivity contribution in [2.24, 2.45) is 7.05 Å². The molecular weight excluding hydrogens is 404 g/mol. The molecule has 0 saturated carbocycles. The number of nitrogens with one attached hydrogen (secondary N) is 1. The van der Waals surface area contributed by atoms with Crippen molar-refractivity contribution < 1.29 is 23.9 Å². The van der Waals surface area contributed by atoms with Gasteiger partial charge in [0.2, 0.25) is 0 Å². The van der Waals surface area contributed by atoms with Crippen molar-refractivity contribution in [1.29, 1.82) is 0 Å². The van der Waals surface area contributed by atoms with E-state index in [1.807, 2.05) is 0 Å². The van der Waals surface area contributed by atoms with Crippen molar-refractivity contribution in [3.63, 3.8) is 0 Å². The molecular formula is C21H18N4O6. The molecule has 0 saturated heterocycles. The van der Waals surface area contributed by atoms with E-state index in [-0.39, 0.29) is 23.4 Å². The zero-order valence-corrected chi connectivity index (χ0v) is 16.7. The second-order valence-electron chi connectivity index (χ2n) is 7.05. The van der Waals surface area contributed by atoms with E-state index in [4.69, 9.17) is 4.74 Å². The zero-order chi connectivity index (χ0) is 22.3. The molecule has 0 aliphatic carbocycles. The van der Waals surface area contributed by atoms with Crippen LogP contribution in [0.5, 0.6) is 0 Å². The number of rotatable bonds is 5. The summed E-state index contributed by atoms with van der Waals surface area (Å²) in [5, 5.41) is 2.52. The number of esters is 1. The molecule has 31 heavy (non-hydrogen) atoms. The van der Waals surface area contributed by atoms with Crippen LogP contribution in [0.4, 0.5) is 5.69 Å². The lowest BCUT2D eigenvalue weighted by molar-refractivity contribution is -0.147. The van der Waals surface area contributed by atoms with E-state index in [2.05, 4.69) is 5.32 Å². The zero-order valence-electron chi connectivity index (χ0n) is 16.7. The molecule has 2 heterocycles. The molecule has 4 rings (SSSR count). The predicted molar refractivity (Wildman–Crippen MR) is 110 cm³/mol. The Hall–Kier alpha value is -4.21. The van der Waals surface area contributed by atoms with Gasteiger partial charge in [0.05, 0.1) is 22.2 Å². The van der Waals surface area contributed by atoms with Crippen molar-refractivity contribution >= 4 is 40.4 Å². The molecule has 0 bridgehead atoms. The standard InChI is InChI=1S/C21H18N4O6/c1-23-15-5-3-4-6-16(15)25(21(23)30)10-18(27)31-11-17(26)22-12-7-8-13-14(9-12)20(29)24(2)19(13)28/h3-9H,10-11H2,1-2H3,(H,22,26). The minimum Gasteiger partial charge on any atom is -0.454 e. The maximum Gasteiger partial charge on any atom is 0.329 e. The van der Waals surface area contributed by atoms with Crippen LogP contribution in [-0.4, -0.2) is 51.4 Å². The number of hydrogen-bond donors (Lipinski definition) is 1. The number of aromatic nitrogens is 2. The molecule has 0 unspecified atom stereocenters. The number of carbonyl (C=O) groups is 4. The van der Waals surface area contributed by atoms with Crippen LogP contribution in [0.2, 0.25) is 0 Å². The van der Waals surface area contributed by atoms with E-state index in [0.717, 1.165) is 4.90 Å². The van der Waals surface area contributed by atoms with Crippen LogP contribution in [0.15, 0.2) is 47.3 Å². The Balaban J connectivity index is 1.39. The SMILES string of the molecule is CN1C(=O)c2ccc(NC(=O)COC(=O)Cn3c(=O)n(C)c4ccccc43)cc2C1=O. The number of hydrogen-bond acceptors (Lipinski definition) is 6. The number of imide groups is 1. The van der Waals surface area contributed by atoms with Crippen LogP contribution in [0.3, 0.4) is 0 Å². The monoisotopic (exact) mass is 422 g/mol. The fraction of sp³-hybridized carbons (Fsp3) is 0.190. The topological polar surface area (TPSA) is 120 Å². The third kappa shape index (κ3) is 3.48. The Morgan fingerprint density at radius 3 is 2.35 bits per heavy atom. The lowest BCUT2D eigenvalue weighted by atomic mass is 10.1. The van der Waals surface area contributed by atoms with E-state index in [9.17, 15) is 24.0 Å². The second kappa shape index (κ2) is 7.56. The third-order valence-corrected chi connectivity index (χ3v) is 5.08. The fourth-order valence-electron chi connectivity index (χ4n) is 3.47. The van der Waals surface area contributed by atoms with Gasteiger partial charge in [-0.2, -0.15) is 0 Å². The van der Waals surface area contributed by atoms with E-state index in [1.54, 1.807) is 31.3 Å². The number of fused-ring (bicyclic) bond motifs is 2. The minimum atomic E-state index is -0.745. The highest BCUT2D eigenvalue weighted by Gasteiger charge is 2.32. The number of ether oxygens (including phenoxy) is 1. The van der Waals surface area contributed by atoms with Crippen molar-refractivity contribution in [3.8, 4) is 0 Å². The van der Waals surface area contributed by atoms with Gasteiger partial charge in [0, 0.05) is 19.8 Å². The quantitative estimate of drug-likeness (QED) is 0.479. The Labute approximate surface area is 175 Å². The number of benzene rings is 2. The van der Waals surface area contributed by atoms with Gasteiger partial charge in [0.25, 0.3) is 17.7 Å². The van der Waals surface area contributed by atoms with Crippen LogP contribution in [-0.2, 0) is 27.9 Å². The maximum absolute atomic E-state index is 12.4. The van der Waals surface area contributed by atoms with Gasteiger partial charge in [-0.3, -0.25) is 33.2 Å². The highest BCUT2D eigenvalue weighted by molar-refractivity contribution is 6.21. The molecule has 10 heteroatoms. The molecule has 10 nitrogen and oxygen atoms in total. The van der Waals surface area contributed by atoms with Gasteiger partial charge in [-0.1, -0.05) is 12.1 Å². The lowest BCUT2D eigenvalue weighted by Crippen LogP contribution is -2.28. The average Bonchev–Trinajstić information content (AvgIpc) is 3.13. The number of anilines is 1.